The van der Waals surface area contributed by atoms with Gasteiger partial charge < -0.3 is 5.32 Å². The molecule has 0 aromatic rings. The summed E-state index contributed by atoms with van der Waals surface area (Å²) in [6, 6.07) is 1.59. The summed E-state index contributed by atoms with van der Waals surface area (Å²) in [6.45, 7) is 10.8. The third-order valence-corrected chi connectivity index (χ3v) is 4.43. The molecule has 2 fully saturated rings. The van der Waals surface area contributed by atoms with Crippen molar-refractivity contribution in [3.05, 3.63) is 0 Å². The first kappa shape index (κ1) is 13.4. The highest BCUT2D eigenvalue weighted by Gasteiger charge is 2.37. The summed E-state index contributed by atoms with van der Waals surface area (Å²) in [6.07, 6.45) is 7.00. The summed E-state index contributed by atoms with van der Waals surface area (Å²) in [5.74, 6) is 1.87. The lowest BCUT2D eigenvalue weighted by Gasteiger charge is -2.40. The Labute approximate surface area is 107 Å². The highest BCUT2D eigenvalue weighted by molar-refractivity contribution is 4.94. The molecule has 0 bridgehead atoms. The maximum absolute atomic E-state index is 3.73. The van der Waals surface area contributed by atoms with Gasteiger partial charge in [0.1, 0.15) is 0 Å². The average Bonchev–Trinajstić information content (AvgIpc) is 3.12. The van der Waals surface area contributed by atoms with Crippen LogP contribution < -0.4 is 5.32 Å². The lowest BCUT2D eigenvalue weighted by Crippen LogP contribution is -2.57. The van der Waals surface area contributed by atoms with Crippen molar-refractivity contribution in [2.45, 2.75) is 65.0 Å². The van der Waals surface area contributed by atoms with Crippen LogP contribution in [0.2, 0.25) is 0 Å². The molecule has 1 saturated carbocycles. The molecule has 0 aromatic heterocycles. The van der Waals surface area contributed by atoms with E-state index in [4.69, 9.17) is 0 Å². The Morgan fingerprint density at radius 2 is 2.06 bits per heavy atom. The van der Waals surface area contributed by atoms with Gasteiger partial charge in [-0.1, -0.05) is 20.8 Å². The second-order valence-corrected chi connectivity index (χ2v) is 6.45. The van der Waals surface area contributed by atoms with E-state index in [0.29, 0.717) is 0 Å². The van der Waals surface area contributed by atoms with Crippen LogP contribution in [-0.4, -0.2) is 36.6 Å². The van der Waals surface area contributed by atoms with Crippen LogP contribution in [0.4, 0.5) is 0 Å². The second kappa shape index (κ2) is 6.19. The van der Waals surface area contributed by atoms with Crippen LogP contribution in [0.3, 0.4) is 0 Å². The average molecular weight is 238 g/mol. The van der Waals surface area contributed by atoms with Gasteiger partial charge in [-0.3, -0.25) is 4.90 Å². The van der Waals surface area contributed by atoms with Gasteiger partial charge in [-0.05, 0) is 50.5 Å². The van der Waals surface area contributed by atoms with Crippen LogP contribution >= 0.6 is 0 Å². The summed E-state index contributed by atoms with van der Waals surface area (Å²) < 4.78 is 0. The van der Waals surface area contributed by atoms with Gasteiger partial charge in [-0.15, -0.1) is 0 Å². The molecule has 2 aliphatic rings. The van der Waals surface area contributed by atoms with Crippen LogP contribution in [-0.2, 0) is 0 Å². The van der Waals surface area contributed by atoms with E-state index in [1.807, 2.05) is 0 Å². The normalized spacial score (nSPS) is 31.1. The van der Waals surface area contributed by atoms with Crippen molar-refractivity contribution in [1.29, 1.82) is 0 Å². The van der Waals surface area contributed by atoms with E-state index in [9.17, 15) is 0 Å². The van der Waals surface area contributed by atoms with Gasteiger partial charge >= 0.3 is 0 Å². The predicted octanol–water partition coefficient (Wildman–Crippen LogP) is 2.89. The van der Waals surface area contributed by atoms with Crippen molar-refractivity contribution in [1.82, 2.24) is 10.2 Å². The van der Waals surface area contributed by atoms with Crippen molar-refractivity contribution in [2.24, 2.45) is 11.8 Å². The van der Waals surface area contributed by atoms with Crippen LogP contribution in [0.5, 0.6) is 0 Å². The molecular formula is C15H30N2. The fourth-order valence-corrected chi connectivity index (χ4v) is 3.08. The maximum atomic E-state index is 3.73. The van der Waals surface area contributed by atoms with Gasteiger partial charge in [0.25, 0.3) is 0 Å². The highest BCUT2D eigenvalue weighted by atomic mass is 15.2. The maximum Gasteiger partial charge on any atom is 0.0249 e. The molecule has 17 heavy (non-hydrogen) atoms. The van der Waals surface area contributed by atoms with E-state index in [-0.39, 0.29) is 0 Å². The lowest BCUT2D eigenvalue weighted by atomic mass is 10.0. The molecular weight excluding hydrogens is 208 g/mol. The smallest absolute Gasteiger partial charge is 0.0249 e. The third kappa shape index (κ3) is 3.96. The van der Waals surface area contributed by atoms with Gasteiger partial charge in [0.2, 0.25) is 0 Å². The number of nitrogens with zero attached hydrogens (tertiary/aromatic N) is 1. The minimum Gasteiger partial charge on any atom is -0.311 e. The second-order valence-electron chi connectivity index (χ2n) is 6.45. The van der Waals surface area contributed by atoms with E-state index < -0.39 is 0 Å². The van der Waals surface area contributed by atoms with E-state index in [1.165, 1.54) is 51.7 Å². The van der Waals surface area contributed by atoms with Gasteiger partial charge in [0.15, 0.2) is 0 Å². The van der Waals surface area contributed by atoms with Crippen molar-refractivity contribution in [2.75, 3.05) is 19.6 Å². The zero-order valence-electron chi connectivity index (χ0n) is 11.9. The van der Waals surface area contributed by atoms with Crippen LogP contribution in [0, 0.1) is 11.8 Å². The van der Waals surface area contributed by atoms with E-state index in [1.54, 1.807) is 0 Å². The predicted molar refractivity (Wildman–Crippen MR) is 74.2 cm³/mol. The van der Waals surface area contributed by atoms with Gasteiger partial charge in [0.05, 0.1) is 0 Å². The van der Waals surface area contributed by atoms with Gasteiger partial charge in [-0.2, -0.15) is 0 Å². The molecule has 1 heterocycles. The topological polar surface area (TPSA) is 15.3 Å². The molecule has 2 rings (SSSR count). The van der Waals surface area contributed by atoms with Crippen LogP contribution in [0.1, 0.15) is 52.9 Å². The Kier molecular flexibility index (Phi) is 4.87. The summed E-state index contributed by atoms with van der Waals surface area (Å²) in [7, 11) is 0. The van der Waals surface area contributed by atoms with E-state index >= 15 is 0 Å². The SMILES string of the molecule is CCC1CN(CCCC(C)C)C(C2CC2)CN1. The van der Waals surface area contributed by atoms with E-state index in [2.05, 4.69) is 31.0 Å². The molecule has 2 nitrogen and oxygen atoms in total. The number of hydrogen-bond donors (Lipinski definition) is 1. The van der Waals surface area contributed by atoms with Crippen LogP contribution in [0.15, 0.2) is 0 Å². The largest absolute Gasteiger partial charge is 0.311 e. The Morgan fingerprint density at radius 3 is 2.65 bits per heavy atom. The zero-order valence-corrected chi connectivity index (χ0v) is 11.9. The number of hydrogen-bond acceptors (Lipinski definition) is 2. The molecule has 0 radical (unpaired) electrons. The Balaban J connectivity index is 1.80. The minimum absolute atomic E-state index is 0.740. The highest BCUT2D eigenvalue weighted by Crippen LogP contribution is 2.36. The van der Waals surface area contributed by atoms with Crippen LogP contribution in [0.25, 0.3) is 0 Å². The molecule has 1 N–H and O–H groups in total. The Bertz CT molecular complexity index is 223. The Morgan fingerprint density at radius 1 is 1.29 bits per heavy atom. The molecule has 2 unspecified atom stereocenters. The quantitative estimate of drug-likeness (QED) is 0.765. The summed E-state index contributed by atoms with van der Waals surface area (Å²) in [5, 5.41) is 3.73. The molecule has 1 saturated heterocycles. The molecule has 1 aliphatic heterocycles. The van der Waals surface area contributed by atoms with Crippen molar-refractivity contribution in [3.8, 4) is 0 Å². The third-order valence-electron chi connectivity index (χ3n) is 4.43. The minimum atomic E-state index is 0.740. The fourth-order valence-electron chi connectivity index (χ4n) is 3.08. The molecule has 100 valence electrons. The number of piperazine rings is 1. The van der Waals surface area contributed by atoms with Crippen molar-refractivity contribution >= 4 is 0 Å². The first-order valence-corrected chi connectivity index (χ1v) is 7.68. The number of rotatable bonds is 6. The van der Waals surface area contributed by atoms with Crippen molar-refractivity contribution < 1.29 is 0 Å². The summed E-state index contributed by atoms with van der Waals surface area (Å²) in [4.78, 5) is 2.80. The summed E-state index contributed by atoms with van der Waals surface area (Å²) >= 11 is 0. The molecule has 2 heteroatoms. The first-order chi connectivity index (χ1) is 8.20. The molecule has 1 aliphatic carbocycles. The molecule has 0 spiro atoms. The monoisotopic (exact) mass is 238 g/mol. The van der Waals surface area contributed by atoms with E-state index in [0.717, 1.165) is 23.9 Å². The first-order valence-electron chi connectivity index (χ1n) is 7.68. The molecule has 0 aromatic carbocycles. The number of nitrogens with one attached hydrogen (secondary N) is 1. The molecule has 0 amide bonds. The fraction of sp³-hybridized carbons (Fsp3) is 1.00. The standard InChI is InChI=1S/C15H30N2/c1-4-14-11-17(9-5-6-12(2)3)15(10-16-14)13-7-8-13/h12-16H,4-11H2,1-3H3. The zero-order chi connectivity index (χ0) is 12.3. The van der Waals surface area contributed by atoms with Crippen molar-refractivity contribution in [3.63, 3.8) is 0 Å². The molecule has 2 atom stereocenters. The van der Waals surface area contributed by atoms with Gasteiger partial charge in [0, 0.05) is 25.2 Å². The van der Waals surface area contributed by atoms with Gasteiger partial charge in [-0.25, -0.2) is 0 Å². The summed E-state index contributed by atoms with van der Waals surface area (Å²) in [5.41, 5.74) is 0. The lowest BCUT2D eigenvalue weighted by molar-refractivity contribution is 0.110. The Hall–Kier alpha value is -0.0800.